The van der Waals surface area contributed by atoms with Crippen molar-refractivity contribution in [1.29, 1.82) is 0 Å². The maximum absolute atomic E-state index is 8.73. The number of rotatable bonds is 3. The molecule has 0 amide bonds. The van der Waals surface area contributed by atoms with Crippen molar-refractivity contribution in [3.63, 3.8) is 0 Å². The first-order valence-electron chi connectivity index (χ1n) is 3.99. The summed E-state index contributed by atoms with van der Waals surface area (Å²) in [7, 11) is 0. The second kappa shape index (κ2) is 5.14. The molecule has 0 aromatic heterocycles. The fraction of sp³-hybridized carbons (Fsp3) is 0.600. The van der Waals surface area contributed by atoms with Crippen molar-refractivity contribution in [3.05, 3.63) is 23.3 Å². The summed E-state index contributed by atoms with van der Waals surface area (Å²) in [6.07, 6.45) is 4.26. The summed E-state index contributed by atoms with van der Waals surface area (Å²) in [6, 6.07) is 0. The zero-order valence-electron chi connectivity index (χ0n) is 7.89. The Kier molecular flexibility index (Phi) is 4.88. The number of allylic oxidation sites excluding steroid dienone is 3. The van der Waals surface area contributed by atoms with Crippen molar-refractivity contribution in [2.45, 2.75) is 27.7 Å². The van der Waals surface area contributed by atoms with E-state index in [0.29, 0.717) is 5.92 Å². The van der Waals surface area contributed by atoms with E-state index < -0.39 is 0 Å². The van der Waals surface area contributed by atoms with Crippen molar-refractivity contribution in [3.8, 4) is 0 Å². The van der Waals surface area contributed by atoms with Gasteiger partial charge in [-0.2, -0.15) is 0 Å². The smallest absolute Gasteiger partial charge is 0.0639 e. The van der Waals surface area contributed by atoms with Crippen LogP contribution in [0.1, 0.15) is 27.7 Å². The van der Waals surface area contributed by atoms with Crippen molar-refractivity contribution in [2.24, 2.45) is 5.92 Å². The van der Waals surface area contributed by atoms with Gasteiger partial charge in [-0.05, 0) is 26.7 Å². The molecular formula is C10H18O. The van der Waals surface area contributed by atoms with E-state index in [4.69, 9.17) is 5.11 Å². The van der Waals surface area contributed by atoms with Crippen LogP contribution in [0.5, 0.6) is 0 Å². The summed E-state index contributed by atoms with van der Waals surface area (Å²) < 4.78 is 0. The van der Waals surface area contributed by atoms with E-state index in [0.717, 1.165) is 5.57 Å². The molecule has 0 aromatic rings. The average Bonchev–Trinajstić information content (AvgIpc) is 1.85. The zero-order valence-corrected chi connectivity index (χ0v) is 7.89. The second-order valence-corrected chi connectivity index (χ2v) is 3.27. The number of hydrogen-bond donors (Lipinski definition) is 1. The van der Waals surface area contributed by atoms with Gasteiger partial charge in [-0.15, -0.1) is 0 Å². The summed E-state index contributed by atoms with van der Waals surface area (Å²) >= 11 is 0. The van der Waals surface area contributed by atoms with Gasteiger partial charge >= 0.3 is 0 Å². The van der Waals surface area contributed by atoms with Gasteiger partial charge < -0.3 is 5.11 Å². The molecule has 0 bridgehead atoms. The highest BCUT2D eigenvalue weighted by molar-refractivity contribution is 5.08. The monoisotopic (exact) mass is 154 g/mol. The molecule has 0 rings (SSSR count). The molecule has 1 nitrogen and oxygen atoms in total. The van der Waals surface area contributed by atoms with Crippen LogP contribution in [-0.2, 0) is 0 Å². The molecular weight excluding hydrogens is 136 g/mol. The lowest BCUT2D eigenvalue weighted by molar-refractivity contribution is 0.330. The average molecular weight is 154 g/mol. The third kappa shape index (κ3) is 5.86. The predicted octanol–water partition coefficient (Wildman–Crippen LogP) is 2.53. The molecule has 0 aliphatic heterocycles. The largest absolute Gasteiger partial charge is 0.392 e. The molecule has 1 N–H and O–H groups in total. The Balaban J connectivity index is 4.06. The minimum atomic E-state index is 0.168. The van der Waals surface area contributed by atoms with Gasteiger partial charge in [-0.3, -0.25) is 0 Å². The Hall–Kier alpha value is -0.560. The summed E-state index contributed by atoms with van der Waals surface area (Å²) in [5.41, 5.74) is 2.36. The molecule has 0 radical (unpaired) electrons. The van der Waals surface area contributed by atoms with Crippen molar-refractivity contribution in [2.75, 3.05) is 6.61 Å². The molecule has 0 saturated heterocycles. The summed E-state index contributed by atoms with van der Waals surface area (Å²) in [5, 5.41) is 8.73. The molecule has 64 valence electrons. The molecule has 0 saturated carbocycles. The quantitative estimate of drug-likeness (QED) is 0.619. The second-order valence-electron chi connectivity index (χ2n) is 3.27. The summed E-state index contributed by atoms with van der Waals surface area (Å²) in [5.74, 6) is 0.437. The molecule has 11 heavy (non-hydrogen) atoms. The first kappa shape index (κ1) is 10.4. The van der Waals surface area contributed by atoms with Gasteiger partial charge in [0, 0.05) is 0 Å². The Morgan fingerprint density at radius 3 is 2.18 bits per heavy atom. The third-order valence-corrected chi connectivity index (χ3v) is 1.39. The fourth-order valence-electron chi connectivity index (χ4n) is 1.08. The SMILES string of the molecule is CC(C)=C[C@H](C)/C=C(\C)CO. The molecule has 0 unspecified atom stereocenters. The number of aliphatic hydroxyl groups excluding tert-OH is 1. The van der Waals surface area contributed by atoms with Gasteiger partial charge in [-0.1, -0.05) is 30.2 Å². The van der Waals surface area contributed by atoms with E-state index in [1.54, 1.807) is 0 Å². The Labute approximate surface area is 69.4 Å². The minimum absolute atomic E-state index is 0.168. The summed E-state index contributed by atoms with van der Waals surface area (Å²) in [6.45, 7) is 8.39. The Morgan fingerprint density at radius 1 is 1.27 bits per heavy atom. The Morgan fingerprint density at radius 2 is 1.82 bits per heavy atom. The van der Waals surface area contributed by atoms with Gasteiger partial charge in [0.05, 0.1) is 6.61 Å². The van der Waals surface area contributed by atoms with Crippen LogP contribution in [0.2, 0.25) is 0 Å². The van der Waals surface area contributed by atoms with Crippen LogP contribution in [0.25, 0.3) is 0 Å². The maximum atomic E-state index is 8.73. The van der Waals surface area contributed by atoms with Gasteiger partial charge in [0.25, 0.3) is 0 Å². The van der Waals surface area contributed by atoms with Crippen LogP contribution in [0.4, 0.5) is 0 Å². The van der Waals surface area contributed by atoms with Crippen molar-refractivity contribution >= 4 is 0 Å². The van der Waals surface area contributed by atoms with E-state index in [1.165, 1.54) is 5.57 Å². The molecule has 1 heteroatoms. The lowest BCUT2D eigenvalue weighted by atomic mass is 10.1. The van der Waals surface area contributed by atoms with Crippen LogP contribution >= 0.6 is 0 Å². The van der Waals surface area contributed by atoms with Gasteiger partial charge in [0.15, 0.2) is 0 Å². The van der Waals surface area contributed by atoms with E-state index in [9.17, 15) is 0 Å². The highest BCUT2D eigenvalue weighted by atomic mass is 16.3. The fourth-order valence-corrected chi connectivity index (χ4v) is 1.08. The van der Waals surface area contributed by atoms with Gasteiger partial charge in [0.1, 0.15) is 0 Å². The lowest BCUT2D eigenvalue weighted by Gasteiger charge is -2.01. The van der Waals surface area contributed by atoms with Crippen LogP contribution in [0.15, 0.2) is 23.3 Å². The van der Waals surface area contributed by atoms with Crippen molar-refractivity contribution < 1.29 is 5.11 Å². The third-order valence-electron chi connectivity index (χ3n) is 1.39. The van der Waals surface area contributed by atoms with E-state index >= 15 is 0 Å². The van der Waals surface area contributed by atoms with Gasteiger partial charge in [-0.25, -0.2) is 0 Å². The molecule has 0 spiro atoms. The van der Waals surface area contributed by atoms with Crippen molar-refractivity contribution in [1.82, 2.24) is 0 Å². The molecule has 0 fully saturated rings. The summed E-state index contributed by atoms with van der Waals surface area (Å²) in [4.78, 5) is 0. The van der Waals surface area contributed by atoms with Gasteiger partial charge in [0.2, 0.25) is 0 Å². The van der Waals surface area contributed by atoms with Crippen LogP contribution in [-0.4, -0.2) is 11.7 Å². The molecule has 0 heterocycles. The minimum Gasteiger partial charge on any atom is -0.392 e. The highest BCUT2D eigenvalue weighted by Gasteiger charge is 1.93. The molecule has 0 aliphatic rings. The standard InChI is InChI=1S/C10H18O/c1-8(2)5-9(3)6-10(4)7-11/h5-6,9,11H,7H2,1-4H3/b10-6+/t9-/m0/s1. The molecule has 0 aromatic carbocycles. The topological polar surface area (TPSA) is 20.2 Å². The zero-order chi connectivity index (χ0) is 8.85. The lowest BCUT2D eigenvalue weighted by Crippen LogP contribution is -1.90. The molecule has 0 aliphatic carbocycles. The first-order chi connectivity index (χ1) is 5.06. The van der Waals surface area contributed by atoms with Crippen LogP contribution in [0.3, 0.4) is 0 Å². The Bertz CT molecular complexity index is 162. The highest BCUT2D eigenvalue weighted by Crippen LogP contribution is 2.06. The normalized spacial score (nSPS) is 14.5. The van der Waals surface area contributed by atoms with Crippen LogP contribution < -0.4 is 0 Å². The molecule has 1 atom stereocenters. The number of aliphatic hydroxyl groups is 1. The van der Waals surface area contributed by atoms with E-state index in [1.807, 2.05) is 6.92 Å². The van der Waals surface area contributed by atoms with Crippen LogP contribution in [0, 0.1) is 5.92 Å². The van der Waals surface area contributed by atoms with E-state index in [2.05, 4.69) is 32.9 Å². The first-order valence-corrected chi connectivity index (χ1v) is 3.99. The van der Waals surface area contributed by atoms with E-state index in [-0.39, 0.29) is 6.61 Å². The predicted molar refractivity (Wildman–Crippen MR) is 49.4 cm³/mol. The maximum Gasteiger partial charge on any atom is 0.0639 e. The number of hydrogen-bond acceptors (Lipinski definition) is 1.